The summed E-state index contributed by atoms with van der Waals surface area (Å²) in [5.74, 6) is 1.08. The zero-order valence-corrected chi connectivity index (χ0v) is 16.4. The molecule has 1 fully saturated rings. The summed E-state index contributed by atoms with van der Waals surface area (Å²) in [6, 6.07) is 9.60. The molecule has 1 aromatic carbocycles. The number of hydrogen-bond acceptors (Lipinski definition) is 5. The summed E-state index contributed by atoms with van der Waals surface area (Å²) in [6.45, 7) is 8.31. The van der Waals surface area contributed by atoms with E-state index in [1.807, 2.05) is 37.3 Å². The van der Waals surface area contributed by atoms with Gasteiger partial charge in [0.1, 0.15) is 0 Å². The fraction of sp³-hybridized carbons (Fsp3) is 0.474. The van der Waals surface area contributed by atoms with Crippen molar-refractivity contribution in [2.24, 2.45) is 0 Å². The van der Waals surface area contributed by atoms with Gasteiger partial charge in [-0.25, -0.2) is 18.4 Å². The topological polar surface area (TPSA) is 66.4 Å². The summed E-state index contributed by atoms with van der Waals surface area (Å²) in [7, 11) is -3.31. The minimum atomic E-state index is -3.31. The molecule has 0 aliphatic carbocycles. The Morgan fingerprint density at radius 3 is 2.50 bits per heavy atom. The van der Waals surface area contributed by atoms with Crippen LogP contribution in [0.5, 0.6) is 0 Å². The van der Waals surface area contributed by atoms with Gasteiger partial charge in [-0.2, -0.15) is 4.31 Å². The lowest BCUT2D eigenvalue weighted by Crippen LogP contribution is -2.49. The first kappa shape index (κ1) is 18.8. The number of nitrogens with zero attached hydrogens (tertiary/aromatic N) is 4. The molecule has 7 heteroatoms. The van der Waals surface area contributed by atoms with Crippen molar-refractivity contribution in [1.29, 1.82) is 0 Å². The van der Waals surface area contributed by atoms with Gasteiger partial charge in [0.05, 0.1) is 5.75 Å². The third kappa shape index (κ3) is 4.40. The third-order valence-electron chi connectivity index (χ3n) is 4.60. The molecule has 1 saturated heterocycles. The highest BCUT2D eigenvalue weighted by Crippen LogP contribution is 2.19. The molecule has 1 aliphatic rings. The first-order valence-corrected chi connectivity index (χ1v) is 10.6. The smallest absolute Gasteiger partial charge is 0.225 e. The highest BCUT2D eigenvalue weighted by molar-refractivity contribution is 7.88. The van der Waals surface area contributed by atoms with E-state index in [2.05, 4.69) is 28.7 Å². The summed E-state index contributed by atoms with van der Waals surface area (Å²) in [4.78, 5) is 11.0. The number of piperazine rings is 1. The van der Waals surface area contributed by atoms with E-state index >= 15 is 0 Å². The molecule has 140 valence electrons. The Morgan fingerprint density at radius 1 is 1.12 bits per heavy atom. The highest BCUT2D eigenvalue weighted by atomic mass is 32.2. The van der Waals surface area contributed by atoms with Crippen molar-refractivity contribution >= 4 is 16.0 Å². The Labute approximate surface area is 155 Å². The monoisotopic (exact) mass is 374 g/mol. The third-order valence-corrected chi connectivity index (χ3v) is 6.45. The average molecular weight is 375 g/mol. The fourth-order valence-electron chi connectivity index (χ4n) is 3.11. The molecule has 0 saturated carbocycles. The molecule has 0 N–H and O–H groups in total. The van der Waals surface area contributed by atoms with E-state index < -0.39 is 10.0 Å². The maximum absolute atomic E-state index is 12.7. The zero-order chi connectivity index (χ0) is 18.7. The molecular weight excluding hydrogens is 348 g/mol. The summed E-state index contributed by atoms with van der Waals surface area (Å²) in [5, 5.41) is 0. The van der Waals surface area contributed by atoms with E-state index in [1.54, 1.807) is 10.5 Å². The van der Waals surface area contributed by atoms with Crippen LogP contribution < -0.4 is 4.90 Å². The van der Waals surface area contributed by atoms with Gasteiger partial charge in [-0.1, -0.05) is 43.7 Å². The molecule has 3 rings (SSSR count). The number of benzene rings is 1. The average Bonchev–Trinajstić information content (AvgIpc) is 2.61. The van der Waals surface area contributed by atoms with Crippen LogP contribution in [-0.4, -0.2) is 48.9 Å². The highest BCUT2D eigenvalue weighted by Gasteiger charge is 2.28. The normalized spacial score (nSPS) is 16.2. The molecule has 6 nitrogen and oxygen atoms in total. The van der Waals surface area contributed by atoms with Crippen LogP contribution in [0.4, 0.5) is 5.95 Å². The molecule has 1 aromatic heterocycles. The predicted octanol–water partition coefficient (Wildman–Crippen LogP) is 2.56. The van der Waals surface area contributed by atoms with Gasteiger partial charge in [0, 0.05) is 38.1 Å². The summed E-state index contributed by atoms with van der Waals surface area (Å²) in [5.41, 5.74) is 2.91. The van der Waals surface area contributed by atoms with Crippen LogP contribution in [0.1, 0.15) is 36.6 Å². The number of hydrogen-bond donors (Lipinski definition) is 0. The Kier molecular flexibility index (Phi) is 5.58. The van der Waals surface area contributed by atoms with Crippen LogP contribution in [0.15, 0.2) is 36.5 Å². The molecular formula is C19H26N4O2S. The van der Waals surface area contributed by atoms with Crippen LogP contribution in [-0.2, 0) is 15.8 Å². The largest absolute Gasteiger partial charge is 0.338 e. The van der Waals surface area contributed by atoms with Gasteiger partial charge < -0.3 is 4.90 Å². The van der Waals surface area contributed by atoms with E-state index in [1.165, 1.54) is 0 Å². The van der Waals surface area contributed by atoms with Crippen molar-refractivity contribution in [3.8, 4) is 0 Å². The minimum absolute atomic E-state index is 0.0496. The van der Waals surface area contributed by atoms with Crippen molar-refractivity contribution in [2.45, 2.75) is 32.4 Å². The summed E-state index contributed by atoms with van der Waals surface area (Å²) >= 11 is 0. The van der Waals surface area contributed by atoms with Gasteiger partial charge in [-0.3, -0.25) is 0 Å². The van der Waals surface area contributed by atoms with Crippen LogP contribution >= 0.6 is 0 Å². The molecule has 2 heterocycles. The molecule has 0 amide bonds. The first-order chi connectivity index (χ1) is 12.3. The van der Waals surface area contributed by atoms with Gasteiger partial charge in [0.15, 0.2) is 0 Å². The second kappa shape index (κ2) is 7.72. The standard InChI is InChI=1S/C19H26N4O2S/c1-15(2)18-7-8-20-19(21-18)22-9-11-23(12-10-22)26(24,25)14-17-6-4-5-16(3)13-17/h4-8,13,15H,9-12,14H2,1-3H3. The van der Waals surface area contributed by atoms with Gasteiger partial charge in [-0.05, 0) is 24.5 Å². The van der Waals surface area contributed by atoms with Gasteiger partial charge in [0.25, 0.3) is 0 Å². The molecule has 1 aliphatic heterocycles. The second-order valence-electron chi connectivity index (χ2n) is 7.07. The maximum Gasteiger partial charge on any atom is 0.225 e. The van der Waals surface area contributed by atoms with Gasteiger partial charge in [0.2, 0.25) is 16.0 Å². The SMILES string of the molecule is Cc1cccc(CS(=O)(=O)N2CCN(c3nccc(C(C)C)n3)CC2)c1. The van der Waals surface area contributed by atoms with E-state index in [9.17, 15) is 8.42 Å². The zero-order valence-electron chi connectivity index (χ0n) is 15.6. The van der Waals surface area contributed by atoms with Gasteiger partial charge >= 0.3 is 0 Å². The lowest BCUT2D eigenvalue weighted by atomic mass is 10.1. The molecule has 0 unspecified atom stereocenters. The van der Waals surface area contributed by atoms with Crippen LogP contribution in [0.2, 0.25) is 0 Å². The first-order valence-electron chi connectivity index (χ1n) is 8.96. The molecule has 0 radical (unpaired) electrons. The fourth-order valence-corrected chi connectivity index (χ4v) is 4.61. The molecule has 26 heavy (non-hydrogen) atoms. The Morgan fingerprint density at radius 2 is 1.85 bits per heavy atom. The summed E-state index contributed by atoms with van der Waals surface area (Å²) < 4.78 is 27.0. The van der Waals surface area contributed by atoms with Crippen molar-refractivity contribution in [3.63, 3.8) is 0 Å². The van der Waals surface area contributed by atoms with Crippen LogP contribution in [0, 0.1) is 6.92 Å². The Bertz CT molecular complexity index is 859. The Hall–Kier alpha value is -1.99. The van der Waals surface area contributed by atoms with Crippen LogP contribution in [0.3, 0.4) is 0 Å². The number of rotatable bonds is 5. The molecule has 0 atom stereocenters. The Balaban J connectivity index is 1.65. The predicted molar refractivity (Wildman–Crippen MR) is 104 cm³/mol. The number of aryl methyl sites for hydroxylation is 1. The number of aromatic nitrogens is 2. The van der Waals surface area contributed by atoms with E-state index in [4.69, 9.17) is 0 Å². The minimum Gasteiger partial charge on any atom is -0.338 e. The molecule has 0 spiro atoms. The van der Waals surface area contributed by atoms with Crippen molar-refractivity contribution in [1.82, 2.24) is 14.3 Å². The van der Waals surface area contributed by atoms with Gasteiger partial charge in [-0.15, -0.1) is 0 Å². The van der Waals surface area contributed by atoms with Crippen molar-refractivity contribution < 1.29 is 8.42 Å². The summed E-state index contributed by atoms with van der Waals surface area (Å²) in [6.07, 6.45) is 1.78. The second-order valence-corrected chi connectivity index (χ2v) is 9.04. The lowest BCUT2D eigenvalue weighted by molar-refractivity contribution is 0.382. The van der Waals surface area contributed by atoms with Crippen LogP contribution in [0.25, 0.3) is 0 Å². The van der Waals surface area contributed by atoms with E-state index in [0.29, 0.717) is 38.0 Å². The molecule has 2 aromatic rings. The lowest BCUT2D eigenvalue weighted by Gasteiger charge is -2.34. The van der Waals surface area contributed by atoms with Crippen molar-refractivity contribution in [2.75, 3.05) is 31.1 Å². The van der Waals surface area contributed by atoms with Crippen molar-refractivity contribution in [3.05, 3.63) is 53.3 Å². The number of sulfonamides is 1. The van der Waals surface area contributed by atoms with E-state index in [0.717, 1.165) is 16.8 Å². The maximum atomic E-state index is 12.7. The molecule has 0 bridgehead atoms. The van der Waals surface area contributed by atoms with E-state index in [-0.39, 0.29) is 5.75 Å². The number of anilines is 1. The quantitative estimate of drug-likeness (QED) is 0.805.